The van der Waals surface area contributed by atoms with Crippen molar-refractivity contribution in [3.05, 3.63) is 60.3 Å². The van der Waals surface area contributed by atoms with E-state index in [2.05, 4.69) is 59.4 Å². The summed E-state index contributed by atoms with van der Waals surface area (Å²) in [4.78, 5) is 6.73. The minimum atomic E-state index is 0.118. The van der Waals surface area contributed by atoms with E-state index in [4.69, 9.17) is 4.42 Å². The van der Waals surface area contributed by atoms with Crippen molar-refractivity contribution in [3.8, 4) is 0 Å². The first-order valence-corrected chi connectivity index (χ1v) is 8.15. The molecule has 24 heavy (non-hydrogen) atoms. The van der Waals surface area contributed by atoms with Crippen LogP contribution >= 0.6 is 0 Å². The molecule has 4 nitrogen and oxygen atoms in total. The minimum Gasteiger partial charge on any atom is -0.454 e. The van der Waals surface area contributed by atoms with Crippen LogP contribution in [0.3, 0.4) is 0 Å². The highest BCUT2D eigenvalue weighted by atomic mass is 16.3. The van der Waals surface area contributed by atoms with E-state index in [0.29, 0.717) is 0 Å². The molecule has 2 aromatic carbocycles. The summed E-state index contributed by atoms with van der Waals surface area (Å²) in [6.07, 6.45) is 1.93. The van der Waals surface area contributed by atoms with Gasteiger partial charge in [0.1, 0.15) is 11.7 Å². The van der Waals surface area contributed by atoms with Crippen LogP contribution in [0, 0.1) is 6.92 Å². The Kier molecular flexibility index (Phi) is 2.65. The van der Waals surface area contributed by atoms with Crippen LogP contribution in [0.5, 0.6) is 0 Å². The van der Waals surface area contributed by atoms with Gasteiger partial charge in [0.05, 0.1) is 11.4 Å². The maximum absolute atomic E-state index is 6.25. The fourth-order valence-electron chi connectivity index (χ4n) is 3.66. The second-order valence-electron chi connectivity index (χ2n) is 6.27. The van der Waals surface area contributed by atoms with Gasteiger partial charge in [0.15, 0.2) is 11.4 Å². The molecule has 1 aliphatic heterocycles. The average Bonchev–Trinajstić information content (AvgIpc) is 3.12. The van der Waals surface area contributed by atoms with E-state index in [1.807, 2.05) is 24.4 Å². The number of aryl methyl sites for hydroxylation is 1. The van der Waals surface area contributed by atoms with Crippen molar-refractivity contribution in [1.82, 2.24) is 4.98 Å². The van der Waals surface area contributed by atoms with Gasteiger partial charge in [0.25, 0.3) is 0 Å². The van der Waals surface area contributed by atoms with Gasteiger partial charge in [-0.15, -0.1) is 0 Å². The second kappa shape index (κ2) is 4.74. The van der Waals surface area contributed by atoms with Crippen molar-refractivity contribution >= 4 is 39.1 Å². The van der Waals surface area contributed by atoms with Gasteiger partial charge in [0, 0.05) is 17.0 Å². The normalized spacial score (nSPS) is 16.6. The predicted octanol–water partition coefficient (Wildman–Crippen LogP) is 5.20. The molecule has 0 spiro atoms. The van der Waals surface area contributed by atoms with E-state index >= 15 is 0 Å². The summed E-state index contributed by atoms with van der Waals surface area (Å²) in [6, 6.07) is 16.6. The zero-order chi connectivity index (χ0) is 16.3. The molecule has 0 saturated carbocycles. The highest BCUT2D eigenvalue weighted by molar-refractivity contribution is 6.10. The standard InChI is InChI=1S/C20H17N3O/c1-12-9-10-15-14-6-3-4-8-17(14)24-19(15)18(12)23-13(2)22-20-16(23)7-5-11-21-20/h3-11,13H,1-2H3,(H,21,22). The zero-order valence-electron chi connectivity index (χ0n) is 13.6. The zero-order valence-corrected chi connectivity index (χ0v) is 13.6. The molecule has 4 heteroatoms. The summed E-state index contributed by atoms with van der Waals surface area (Å²) in [7, 11) is 0. The Morgan fingerprint density at radius 3 is 2.83 bits per heavy atom. The second-order valence-corrected chi connectivity index (χ2v) is 6.27. The van der Waals surface area contributed by atoms with Crippen LogP contribution in [-0.2, 0) is 0 Å². The van der Waals surface area contributed by atoms with Crippen LogP contribution in [-0.4, -0.2) is 11.1 Å². The number of hydrogen-bond acceptors (Lipinski definition) is 4. The van der Waals surface area contributed by atoms with Gasteiger partial charge in [-0.1, -0.05) is 30.3 Å². The maximum Gasteiger partial charge on any atom is 0.159 e. The number of fused-ring (bicyclic) bond motifs is 4. The number of nitrogens with zero attached hydrogens (tertiary/aromatic N) is 2. The third kappa shape index (κ3) is 1.71. The SMILES string of the molecule is Cc1ccc2c(oc3ccccc32)c1N1c2cccnc2NC1C. The van der Waals surface area contributed by atoms with Crippen molar-refractivity contribution in [3.63, 3.8) is 0 Å². The van der Waals surface area contributed by atoms with Crippen molar-refractivity contribution in [2.24, 2.45) is 0 Å². The Bertz CT molecular complexity index is 1080. The topological polar surface area (TPSA) is 41.3 Å². The van der Waals surface area contributed by atoms with Crippen molar-refractivity contribution in [1.29, 1.82) is 0 Å². The van der Waals surface area contributed by atoms with Crippen molar-refractivity contribution < 1.29 is 4.42 Å². The lowest BCUT2D eigenvalue weighted by atomic mass is 10.1. The molecule has 0 saturated heterocycles. The summed E-state index contributed by atoms with van der Waals surface area (Å²) in [5.41, 5.74) is 5.23. The number of anilines is 3. The number of aromatic nitrogens is 1. The third-order valence-electron chi connectivity index (χ3n) is 4.74. The Hall–Kier alpha value is -3.01. The van der Waals surface area contributed by atoms with Crippen molar-refractivity contribution in [2.45, 2.75) is 20.0 Å². The van der Waals surface area contributed by atoms with Gasteiger partial charge >= 0.3 is 0 Å². The number of hydrogen-bond donors (Lipinski definition) is 1. The van der Waals surface area contributed by atoms with E-state index in [9.17, 15) is 0 Å². The minimum absolute atomic E-state index is 0.118. The van der Waals surface area contributed by atoms with E-state index in [1.54, 1.807) is 0 Å². The summed E-state index contributed by atoms with van der Waals surface area (Å²) in [5, 5.41) is 5.75. The van der Waals surface area contributed by atoms with E-state index in [1.165, 1.54) is 5.56 Å². The van der Waals surface area contributed by atoms with Gasteiger partial charge in [-0.25, -0.2) is 4.98 Å². The molecule has 1 N–H and O–H groups in total. The smallest absolute Gasteiger partial charge is 0.159 e. The molecular formula is C20H17N3O. The van der Waals surface area contributed by atoms with Gasteiger partial charge in [-0.3, -0.25) is 0 Å². The van der Waals surface area contributed by atoms with Crippen LogP contribution in [0.1, 0.15) is 12.5 Å². The molecule has 5 rings (SSSR count). The first-order chi connectivity index (χ1) is 11.7. The number of pyridine rings is 1. The molecule has 0 radical (unpaired) electrons. The fraction of sp³-hybridized carbons (Fsp3) is 0.150. The van der Waals surface area contributed by atoms with Crippen LogP contribution in [0.2, 0.25) is 0 Å². The van der Waals surface area contributed by atoms with E-state index < -0.39 is 0 Å². The van der Waals surface area contributed by atoms with Crippen LogP contribution in [0.15, 0.2) is 59.1 Å². The number of para-hydroxylation sites is 1. The highest BCUT2D eigenvalue weighted by Crippen LogP contribution is 2.45. The number of benzene rings is 2. The predicted molar refractivity (Wildman–Crippen MR) is 97.9 cm³/mol. The van der Waals surface area contributed by atoms with Gasteiger partial charge < -0.3 is 14.6 Å². The van der Waals surface area contributed by atoms with E-state index in [-0.39, 0.29) is 6.17 Å². The molecule has 2 aromatic heterocycles. The Balaban J connectivity index is 1.85. The first kappa shape index (κ1) is 13.4. The van der Waals surface area contributed by atoms with Gasteiger partial charge in [-0.05, 0) is 37.6 Å². The maximum atomic E-state index is 6.25. The number of furan rings is 1. The summed E-state index contributed by atoms with van der Waals surface area (Å²) in [6.45, 7) is 4.27. The summed E-state index contributed by atoms with van der Waals surface area (Å²) in [5.74, 6) is 0.914. The molecule has 118 valence electrons. The lowest BCUT2D eigenvalue weighted by molar-refractivity contribution is 0.665. The van der Waals surface area contributed by atoms with Gasteiger partial charge in [0.2, 0.25) is 0 Å². The molecule has 4 aromatic rings. The molecular weight excluding hydrogens is 298 g/mol. The average molecular weight is 315 g/mol. The molecule has 1 atom stereocenters. The van der Waals surface area contributed by atoms with Crippen LogP contribution in [0.4, 0.5) is 17.2 Å². The largest absolute Gasteiger partial charge is 0.454 e. The molecule has 1 unspecified atom stereocenters. The Morgan fingerprint density at radius 2 is 1.92 bits per heavy atom. The molecule has 0 fully saturated rings. The van der Waals surface area contributed by atoms with Crippen LogP contribution in [0.25, 0.3) is 21.9 Å². The van der Waals surface area contributed by atoms with Gasteiger partial charge in [-0.2, -0.15) is 0 Å². The Labute approximate surface area is 139 Å². The van der Waals surface area contributed by atoms with E-state index in [0.717, 1.165) is 39.1 Å². The number of nitrogens with one attached hydrogen (secondary N) is 1. The monoisotopic (exact) mass is 315 g/mol. The quantitative estimate of drug-likeness (QED) is 0.524. The number of rotatable bonds is 1. The summed E-state index contributed by atoms with van der Waals surface area (Å²) < 4.78 is 6.25. The fourth-order valence-corrected chi connectivity index (χ4v) is 3.66. The highest BCUT2D eigenvalue weighted by Gasteiger charge is 2.30. The molecule has 3 heterocycles. The van der Waals surface area contributed by atoms with Crippen molar-refractivity contribution in [2.75, 3.05) is 10.2 Å². The lowest BCUT2D eigenvalue weighted by Crippen LogP contribution is -2.29. The molecule has 1 aliphatic rings. The Morgan fingerprint density at radius 1 is 1.04 bits per heavy atom. The summed E-state index contributed by atoms with van der Waals surface area (Å²) >= 11 is 0. The third-order valence-corrected chi connectivity index (χ3v) is 4.74. The molecule has 0 bridgehead atoms. The molecule has 0 amide bonds. The first-order valence-electron chi connectivity index (χ1n) is 8.15. The molecule has 0 aliphatic carbocycles. The van der Waals surface area contributed by atoms with Crippen LogP contribution < -0.4 is 10.2 Å². The lowest BCUT2D eigenvalue weighted by Gasteiger charge is -2.25.